The number of sulfonamides is 1. The highest BCUT2D eigenvalue weighted by Gasteiger charge is 2.34. The van der Waals surface area contributed by atoms with Crippen LogP contribution < -0.4 is 9.62 Å². The van der Waals surface area contributed by atoms with E-state index >= 15 is 0 Å². The van der Waals surface area contributed by atoms with Crippen molar-refractivity contribution >= 4 is 50.7 Å². The van der Waals surface area contributed by atoms with Crippen LogP contribution in [0.4, 0.5) is 5.69 Å². The third kappa shape index (κ3) is 7.05. The van der Waals surface area contributed by atoms with Gasteiger partial charge in [-0.3, -0.25) is 13.9 Å². The van der Waals surface area contributed by atoms with Gasteiger partial charge in [0, 0.05) is 28.2 Å². The number of nitrogens with one attached hydrogen (secondary N) is 1. The Morgan fingerprint density at radius 2 is 1.54 bits per heavy atom. The van der Waals surface area contributed by atoms with Gasteiger partial charge in [-0.25, -0.2) is 8.42 Å². The summed E-state index contributed by atoms with van der Waals surface area (Å²) in [4.78, 5) is 29.0. The second kappa shape index (κ2) is 13.3. The lowest BCUT2D eigenvalue weighted by atomic mass is 10.1. The Labute approximate surface area is 252 Å². The Kier molecular flexibility index (Phi) is 10.00. The van der Waals surface area contributed by atoms with Crippen LogP contribution in [0.1, 0.15) is 49.3 Å². The summed E-state index contributed by atoms with van der Waals surface area (Å²) >= 11 is 12.9. The topological polar surface area (TPSA) is 86.8 Å². The van der Waals surface area contributed by atoms with Crippen molar-refractivity contribution in [1.29, 1.82) is 0 Å². The Morgan fingerprint density at radius 3 is 2.17 bits per heavy atom. The number of benzene rings is 3. The predicted octanol–water partition coefficient (Wildman–Crippen LogP) is 6.28. The molecule has 0 aromatic heterocycles. The largest absolute Gasteiger partial charge is 0.352 e. The van der Waals surface area contributed by atoms with Crippen molar-refractivity contribution in [2.24, 2.45) is 0 Å². The van der Waals surface area contributed by atoms with Crippen LogP contribution >= 0.6 is 23.2 Å². The number of halogens is 2. The smallest absolute Gasteiger partial charge is 0.264 e. The van der Waals surface area contributed by atoms with E-state index in [4.69, 9.17) is 23.2 Å². The molecule has 0 spiro atoms. The summed E-state index contributed by atoms with van der Waals surface area (Å²) in [6, 6.07) is 17.5. The van der Waals surface area contributed by atoms with Gasteiger partial charge in [0.05, 0.1) is 10.6 Å². The molecule has 1 aliphatic rings. The molecular formula is C31H35Cl2N3O4S. The summed E-state index contributed by atoms with van der Waals surface area (Å²) in [7, 11) is -4.14. The number of rotatable bonds is 10. The lowest BCUT2D eigenvalue weighted by Gasteiger charge is -2.33. The minimum atomic E-state index is -4.14. The third-order valence-electron chi connectivity index (χ3n) is 7.71. The molecule has 0 aliphatic heterocycles. The number of anilines is 1. The van der Waals surface area contributed by atoms with Gasteiger partial charge in [0.2, 0.25) is 11.8 Å². The lowest BCUT2D eigenvalue weighted by molar-refractivity contribution is -0.139. The van der Waals surface area contributed by atoms with Crippen molar-refractivity contribution in [3.05, 3.63) is 93.5 Å². The highest BCUT2D eigenvalue weighted by atomic mass is 35.5. The zero-order valence-corrected chi connectivity index (χ0v) is 25.8. The van der Waals surface area contributed by atoms with Crippen LogP contribution in [0.3, 0.4) is 0 Å². The van der Waals surface area contributed by atoms with Crippen molar-refractivity contribution in [2.45, 2.75) is 70.0 Å². The highest BCUT2D eigenvalue weighted by molar-refractivity contribution is 7.92. The molecule has 3 aromatic rings. The van der Waals surface area contributed by atoms with Crippen LogP contribution in [-0.2, 0) is 26.2 Å². The fraction of sp³-hybridized carbons (Fsp3) is 0.355. The van der Waals surface area contributed by atoms with Crippen molar-refractivity contribution in [3.63, 3.8) is 0 Å². The summed E-state index contributed by atoms with van der Waals surface area (Å²) in [6.07, 6.45) is 3.86. The second-order valence-electron chi connectivity index (χ2n) is 10.4. The van der Waals surface area contributed by atoms with E-state index in [9.17, 15) is 18.0 Å². The normalized spacial score (nSPS) is 14.5. The van der Waals surface area contributed by atoms with Crippen LogP contribution in [0.5, 0.6) is 0 Å². The first-order chi connectivity index (χ1) is 19.5. The average molecular weight is 617 g/mol. The van der Waals surface area contributed by atoms with E-state index in [1.165, 1.54) is 17.0 Å². The number of hydrogen-bond donors (Lipinski definition) is 1. The van der Waals surface area contributed by atoms with E-state index < -0.39 is 28.5 Å². The molecule has 1 atom stereocenters. The molecule has 4 rings (SSSR count). The number of nitrogens with zero attached hydrogens (tertiary/aromatic N) is 2. The summed E-state index contributed by atoms with van der Waals surface area (Å²) in [5.74, 6) is -0.868. The number of amides is 2. The van der Waals surface area contributed by atoms with Gasteiger partial charge in [-0.2, -0.15) is 0 Å². The van der Waals surface area contributed by atoms with E-state index in [2.05, 4.69) is 5.32 Å². The van der Waals surface area contributed by atoms with E-state index in [1.54, 1.807) is 55.5 Å². The van der Waals surface area contributed by atoms with Gasteiger partial charge in [-0.1, -0.05) is 72.4 Å². The average Bonchev–Trinajstić information content (AvgIpc) is 3.46. The van der Waals surface area contributed by atoms with Gasteiger partial charge in [-0.15, -0.1) is 0 Å². The van der Waals surface area contributed by atoms with Crippen LogP contribution in [-0.4, -0.2) is 43.8 Å². The summed E-state index contributed by atoms with van der Waals surface area (Å²) in [5, 5.41) is 3.75. The maximum absolute atomic E-state index is 14.2. The van der Waals surface area contributed by atoms with E-state index in [1.807, 2.05) is 19.9 Å². The molecule has 0 unspecified atom stereocenters. The molecule has 10 heteroatoms. The lowest BCUT2D eigenvalue weighted by Crippen LogP contribution is -2.52. The monoisotopic (exact) mass is 615 g/mol. The molecule has 2 amide bonds. The molecule has 41 heavy (non-hydrogen) atoms. The number of carbonyl (C=O) groups is 2. The minimum Gasteiger partial charge on any atom is -0.352 e. The molecule has 0 bridgehead atoms. The SMILES string of the molecule is Cc1cccc(N(CC(=O)N(Cc2c(Cl)cccc2Cl)[C@@H](C)C(=O)NC2CCCC2)S(=O)(=O)c2ccccc2)c1C. The van der Waals surface area contributed by atoms with E-state index in [0.717, 1.165) is 41.1 Å². The van der Waals surface area contributed by atoms with Gasteiger partial charge in [0.25, 0.3) is 10.0 Å². The van der Waals surface area contributed by atoms with E-state index in [-0.39, 0.29) is 23.4 Å². The van der Waals surface area contributed by atoms with E-state index in [0.29, 0.717) is 21.3 Å². The zero-order valence-electron chi connectivity index (χ0n) is 23.4. The molecule has 1 fully saturated rings. The fourth-order valence-electron chi connectivity index (χ4n) is 5.07. The molecule has 1 saturated carbocycles. The van der Waals surface area contributed by atoms with Gasteiger partial charge >= 0.3 is 0 Å². The Morgan fingerprint density at radius 1 is 0.927 bits per heavy atom. The quantitative estimate of drug-likeness (QED) is 0.291. The molecular weight excluding hydrogens is 581 g/mol. The van der Waals surface area contributed by atoms with Crippen molar-refractivity contribution in [2.75, 3.05) is 10.8 Å². The minimum absolute atomic E-state index is 0.0516. The molecule has 3 aromatic carbocycles. The highest BCUT2D eigenvalue weighted by Crippen LogP contribution is 2.30. The summed E-state index contributed by atoms with van der Waals surface area (Å²) < 4.78 is 29.1. The summed E-state index contributed by atoms with van der Waals surface area (Å²) in [5.41, 5.74) is 2.48. The molecule has 7 nitrogen and oxygen atoms in total. The molecule has 1 N–H and O–H groups in total. The maximum Gasteiger partial charge on any atom is 0.264 e. The first-order valence-electron chi connectivity index (χ1n) is 13.7. The van der Waals surface area contributed by atoms with Gasteiger partial charge in [0.1, 0.15) is 12.6 Å². The zero-order chi connectivity index (χ0) is 29.7. The van der Waals surface area contributed by atoms with Gasteiger partial charge < -0.3 is 10.2 Å². The van der Waals surface area contributed by atoms with Crippen LogP contribution in [0.2, 0.25) is 10.0 Å². The maximum atomic E-state index is 14.2. The molecule has 0 radical (unpaired) electrons. The van der Waals surface area contributed by atoms with Gasteiger partial charge in [-0.05, 0) is 75.1 Å². The summed E-state index contributed by atoms with van der Waals surface area (Å²) in [6.45, 7) is 4.75. The predicted molar refractivity (Wildman–Crippen MR) is 164 cm³/mol. The molecule has 0 heterocycles. The first-order valence-corrected chi connectivity index (χ1v) is 15.9. The van der Waals surface area contributed by atoms with Crippen LogP contribution in [0, 0.1) is 13.8 Å². The van der Waals surface area contributed by atoms with Crippen molar-refractivity contribution in [3.8, 4) is 0 Å². The Balaban J connectivity index is 1.74. The standard InChI is InChI=1S/C31H35Cl2N3O4S/c1-21-11-9-18-29(22(21)2)36(41(39,40)25-14-5-4-6-15-25)20-30(37)35(19-26-27(32)16-10-17-28(26)33)23(3)31(38)34-24-12-7-8-13-24/h4-6,9-11,14-18,23-24H,7-8,12-13,19-20H2,1-3H3,(H,34,38)/t23-/m0/s1. The molecule has 218 valence electrons. The number of aryl methyl sites for hydroxylation is 1. The Hall–Kier alpha value is -3.07. The third-order valence-corrected chi connectivity index (χ3v) is 10.2. The van der Waals surface area contributed by atoms with Crippen molar-refractivity contribution in [1.82, 2.24) is 10.2 Å². The number of hydrogen-bond acceptors (Lipinski definition) is 4. The second-order valence-corrected chi connectivity index (χ2v) is 13.1. The number of carbonyl (C=O) groups excluding carboxylic acids is 2. The molecule has 0 saturated heterocycles. The first kappa shape index (κ1) is 30.9. The van der Waals surface area contributed by atoms with Crippen LogP contribution in [0.25, 0.3) is 0 Å². The fourth-order valence-corrected chi connectivity index (χ4v) is 7.08. The molecule has 1 aliphatic carbocycles. The van der Waals surface area contributed by atoms with Gasteiger partial charge in [0.15, 0.2) is 0 Å². The Bertz CT molecular complexity index is 1490. The van der Waals surface area contributed by atoms with Crippen LogP contribution in [0.15, 0.2) is 71.6 Å². The van der Waals surface area contributed by atoms with Crippen molar-refractivity contribution < 1.29 is 18.0 Å².